The molecule has 0 aliphatic carbocycles. The molecule has 0 spiro atoms. The molecule has 1 N–H and O–H groups in total. The molecule has 0 radical (unpaired) electrons. The van der Waals surface area contributed by atoms with Gasteiger partial charge in [-0.25, -0.2) is 0 Å². The summed E-state index contributed by atoms with van der Waals surface area (Å²) in [5.41, 5.74) is 0. The molecule has 4 heteroatoms. The van der Waals surface area contributed by atoms with Gasteiger partial charge in [0.1, 0.15) is 12.4 Å². The molecule has 0 fully saturated rings. The van der Waals surface area contributed by atoms with Crippen molar-refractivity contribution in [1.29, 1.82) is 0 Å². The fourth-order valence-electron chi connectivity index (χ4n) is 1.34. The maximum atomic E-state index is 10.6. The van der Waals surface area contributed by atoms with Crippen molar-refractivity contribution in [3.05, 3.63) is 24.3 Å². The molecular formula is C13H20O3Si. The summed E-state index contributed by atoms with van der Waals surface area (Å²) in [4.78, 5) is 10.6. The predicted molar refractivity (Wildman–Crippen MR) is 71.7 cm³/mol. The van der Waals surface area contributed by atoms with Crippen molar-refractivity contribution in [3.8, 4) is 5.75 Å². The predicted octanol–water partition coefficient (Wildman–Crippen LogP) is 2.33. The number of ether oxygens (including phenoxy) is 1. The highest BCUT2D eigenvalue weighted by molar-refractivity contribution is 6.88. The first-order valence-electron chi connectivity index (χ1n) is 5.77. The lowest BCUT2D eigenvalue weighted by molar-refractivity contribution is -0.142. The topological polar surface area (TPSA) is 46.5 Å². The van der Waals surface area contributed by atoms with E-state index in [1.165, 1.54) is 5.19 Å². The first-order valence-corrected chi connectivity index (χ1v) is 9.27. The van der Waals surface area contributed by atoms with Crippen molar-refractivity contribution in [2.75, 3.05) is 6.61 Å². The van der Waals surface area contributed by atoms with E-state index >= 15 is 0 Å². The summed E-state index contributed by atoms with van der Waals surface area (Å²) in [6, 6.07) is 7.99. The first kappa shape index (κ1) is 13.8. The molecule has 0 aromatic heterocycles. The molecule has 1 unspecified atom stereocenters. The van der Waals surface area contributed by atoms with Gasteiger partial charge in [0.15, 0.2) is 0 Å². The van der Waals surface area contributed by atoms with Crippen molar-refractivity contribution >= 4 is 19.2 Å². The van der Waals surface area contributed by atoms with Gasteiger partial charge in [0.2, 0.25) is 0 Å². The number of benzene rings is 1. The van der Waals surface area contributed by atoms with Crippen molar-refractivity contribution in [3.63, 3.8) is 0 Å². The molecule has 3 nitrogen and oxygen atoms in total. The second kappa shape index (κ2) is 5.36. The average molecular weight is 252 g/mol. The smallest absolute Gasteiger partial charge is 0.309 e. The molecule has 0 saturated carbocycles. The van der Waals surface area contributed by atoms with Crippen LogP contribution in [0.4, 0.5) is 0 Å². The van der Waals surface area contributed by atoms with Gasteiger partial charge in [-0.15, -0.1) is 0 Å². The third-order valence-corrected chi connectivity index (χ3v) is 4.71. The Balaban J connectivity index is 2.60. The number of rotatable bonds is 5. The average Bonchev–Trinajstić information content (AvgIpc) is 2.25. The zero-order valence-electron chi connectivity index (χ0n) is 10.9. The minimum atomic E-state index is -1.27. The maximum Gasteiger partial charge on any atom is 0.309 e. The van der Waals surface area contributed by atoms with E-state index in [9.17, 15) is 4.79 Å². The van der Waals surface area contributed by atoms with Gasteiger partial charge in [-0.1, -0.05) is 37.0 Å². The normalized spacial score (nSPS) is 13.2. The number of carbonyl (C=O) groups is 1. The number of hydrogen-bond donors (Lipinski definition) is 1. The lowest BCUT2D eigenvalue weighted by Gasteiger charge is -2.17. The van der Waals surface area contributed by atoms with E-state index in [0.29, 0.717) is 0 Å². The van der Waals surface area contributed by atoms with Crippen molar-refractivity contribution in [1.82, 2.24) is 0 Å². The Hall–Kier alpha value is -1.29. The number of carboxylic acid groups (broad SMARTS) is 1. The SMILES string of the molecule is CC(COc1ccc([Si](C)(C)C)cc1)C(=O)O. The second-order valence-corrected chi connectivity index (χ2v) is 10.4. The van der Waals surface area contributed by atoms with Gasteiger partial charge in [-0.05, 0) is 19.1 Å². The summed E-state index contributed by atoms with van der Waals surface area (Å²) in [7, 11) is -1.27. The standard InChI is InChI=1S/C13H20O3Si/c1-10(13(14)15)9-16-11-5-7-12(8-6-11)17(2,3)4/h5-8,10H,9H2,1-4H3,(H,14,15). The summed E-state index contributed by atoms with van der Waals surface area (Å²) < 4.78 is 5.43. The van der Waals surface area contributed by atoms with Gasteiger partial charge in [0.05, 0.1) is 14.0 Å². The molecule has 0 amide bonds. The van der Waals surface area contributed by atoms with Gasteiger partial charge < -0.3 is 9.84 Å². The highest BCUT2D eigenvalue weighted by Crippen LogP contribution is 2.12. The molecule has 1 aromatic carbocycles. The zero-order valence-corrected chi connectivity index (χ0v) is 11.9. The number of aliphatic carboxylic acids is 1. The van der Waals surface area contributed by atoms with Gasteiger partial charge in [-0.3, -0.25) is 4.79 Å². The van der Waals surface area contributed by atoms with Crippen LogP contribution in [-0.2, 0) is 4.79 Å². The monoisotopic (exact) mass is 252 g/mol. The van der Waals surface area contributed by atoms with E-state index in [2.05, 4.69) is 31.8 Å². The van der Waals surface area contributed by atoms with Crippen LogP contribution in [0.3, 0.4) is 0 Å². The van der Waals surface area contributed by atoms with Crippen LogP contribution in [0.5, 0.6) is 5.75 Å². The van der Waals surface area contributed by atoms with Gasteiger partial charge in [0, 0.05) is 0 Å². The summed E-state index contributed by atoms with van der Waals surface area (Å²) in [6.07, 6.45) is 0. The molecule has 94 valence electrons. The molecular weight excluding hydrogens is 232 g/mol. The molecule has 1 rings (SSSR count). The van der Waals surface area contributed by atoms with Crippen molar-refractivity contribution in [2.24, 2.45) is 5.92 Å². The van der Waals surface area contributed by atoms with Crippen LogP contribution < -0.4 is 9.92 Å². The molecule has 0 saturated heterocycles. The summed E-state index contributed by atoms with van der Waals surface area (Å²) in [6.45, 7) is 8.71. The first-order chi connectivity index (χ1) is 7.80. The summed E-state index contributed by atoms with van der Waals surface area (Å²) in [5.74, 6) is -0.574. The number of hydrogen-bond acceptors (Lipinski definition) is 2. The van der Waals surface area contributed by atoms with Gasteiger partial charge in [-0.2, -0.15) is 0 Å². The Morgan fingerprint density at radius 3 is 2.24 bits per heavy atom. The van der Waals surface area contributed by atoms with Crippen LogP contribution in [-0.4, -0.2) is 25.8 Å². The van der Waals surface area contributed by atoms with E-state index < -0.39 is 20.0 Å². The molecule has 17 heavy (non-hydrogen) atoms. The fourth-order valence-corrected chi connectivity index (χ4v) is 2.51. The third kappa shape index (κ3) is 4.23. The van der Waals surface area contributed by atoms with E-state index in [4.69, 9.17) is 9.84 Å². The van der Waals surface area contributed by atoms with Crippen LogP contribution in [0.15, 0.2) is 24.3 Å². The minimum Gasteiger partial charge on any atom is -0.493 e. The van der Waals surface area contributed by atoms with Gasteiger partial charge in [0.25, 0.3) is 0 Å². The molecule has 0 heterocycles. The van der Waals surface area contributed by atoms with Crippen LogP contribution in [0, 0.1) is 5.92 Å². The molecule has 0 aliphatic heterocycles. The summed E-state index contributed by atoms with van der Waals surface area (Å²) >= 11 is 0. The highest BCUT2D eigenvalue weighted by atomic mass is 28.3. The maximum absolute atomic E-state index is 10.6. The highest BCUT2D eigenvalue weighted by Gasteiger charge is 2.16. The molecule has 0 bridgehead atoms. The Bertz CT molecular complexity index is 379. The van der Waals surface area contributed by atoms with E-state index in [1.54, 1.807) is 6.92 Å². The van der Waals surface area contributed by atoms with Crippen LogP contribution in [0.1, 0.15) is 6.92 Å². The van der Waals surface area contributed by atoms with Crippen LogP contribution >= 0.6 is 0 Å². The molecule has 1 aromatic rings. The van der Waals surface area contributed by atoms with Crippen molar-refractivity contribution < 1.29 is 14.6 Å². The third-order valence-electron chi connectivity index (χ3n) is 2.64. The van der Waals surface area contributed by atoms with Crippen LogP contribution in [0.2, 0.25) is 19.6 Å². The number of carboxylic acids is 1. The molecule has 1 atom stereocenters. The Labute approximate surface area is 103 Å². The summed E-state index contributed by atoms with van der Waals surface area (Å²) in [5, 5.41) is 10.1. The quantitative estimate of drug-likeness (QED) is 0.818. The largest absolute Gasteiger partial charge is 0.493 e. The lowest BCUT2D eigenvalue weighted by atomic mass is 10.2. The minimum absolute atomic E-state index is 0.210. The van der Waals surface area contributed by atoms with E-state index in [0.717, 1.165) is 5.75 Å². The zero-order chi connectivity index (χ0) is 13.1. The fraction of sp³-hybridized carbons (Fsp3) is 0.462. The Morgan fingerprint density at radius 2 is 1.82 bits per heavy atom. The Morgan fingerprint density at radius 1 is 1.29 bits per heavy atom. The second-order valence-electron chi connectivity index (χ2n) is 5.32. The lowest BCUT2D eigenvalue weighted by Crippen LogP contribution is -2.37. The van der Waals surface area contributed by atoms with Gasteiger partial charge >= 0.3 is 5.97 Å². The van der Waals surface area contributed by atoms with E-state index in [1.807, 2.05) is 12.1 Å². The molecule has 0 aliphatic rings. The Kier molecular flexibility index (Phi) is 4.34. The van der Waals surface area contributed by atoms with E-state index in [-0.39, 0.29) is 6.61 Å². The van der Waals surface area contributed by atoms with Crippen LogP contribution in [0.25, 0.3) is 0 Å². The van der Waals surface area contributed by atoms with Crippen molar-refractivity contribution in [2.45, 2.75) is 26.6 Å².